The quantitative estimate of drug-likeness (QED) is 0.451. The summed E-state index contributed by atoms with van der Waals surface area (Å²) < 4.78 is 5.28. The van der Waals surface area contributed by atoms with Crippen LogP contribution >= 0.6 is 0 Å². The van der Waals surface area contributed by atoms with Crippen LogP contribution in [0.15, 0.2) is 54.7 Å². The van der Waals surface area contributed by atoms with Gasteiger partial charge in [0.15, 0.2) is 0 Å². The smallest absolute Gasteiger partial charge is 0.324 e. The van der Waals surface area contributed by atoms with Crippen LogP contribution in [0.5, 0.6) is 5.75 Å². The van der Waals surface area contributed by atoms with Crippen molar-refractivity contribution >= 4 is 28.7 Å². The summed E-state index contributed by atoms with van der Waals surface area (Å²) in [6.07, 6.45) is 2.87. The molecule has 0 saturated carbocycles. The van der Waals surface area contributed by atoms with E-state index in [1.807, 2.05) is 54.7 Å². The van der Waals surface area contributed by atoms with Crippen LogP contribution in [-0.2, 0) is 22.6 Å². The average molecular weight is 434 g/mol. The zero-order valence-electron chi connectivity index (χ0n) is 17.9. The standard InChI is InChI=1S/C24H26N4O4/c1-32-21-9-5-2-6-17(21)15-26-22(29)11-10-20-23(30)28(24(31)27-20)13-12-16-14-25-19-8-4-3-7-18(16)19/h2-9,14,20,25H,10-13,15H2,1H3,(H,26,29)(H,27,31)/t20-/m0/s1. The number of carbonyl (C=O) groups is 3. The second-order valence-corrected chi connectivity index (χ2v) is 7.73. The summed E-state index contributed by atoms with van der Waals surface area (Å²) in [5, 5.41) is 6.62. The Morgan fingerprint density at radius 1 is 1.09 bits per heavy atom. The van der Waals surface area contributed by atoms with Crippen molar-refractivity contribution in [3.05, 3.63) is 65.9 Å². The Balaban J connectivity index is 1.26. The van der Waals surface area contributed by atoms with Crippen molar-refractivity contribution in [3.63, 3.8) is 0 Å². The van der Waals surface area contributed by atoms with E-state index in [4.69, 9.17) is 4.74 Å². The lowest BCUT2D eigenvalue weighted by molar-refractivity contribution is -0.127. The molecule has 0 spiro atoms. The van der Waals surface area contributed by atoms with Crippen LogP contribution in [0.1, 0.15) is 24.0 Å². The molecule has 1 saturated heterocycles. The Morgan fingerprint density at radius 3 is 2.72 bits per heavy atom. The molecule has 3 N–H and O–H groups in total. The maximum absolute atomic E-state index is 12.7. The first kappa shape index (κ1) is 21.4. The molecule has 4 amide bonds. The molecular formula is C24H26N4O4. The lowest BCUT2D eigenvalue weighted by Crippen LogP contribution is -2.34. The van der Waals surface area contributed by atoms with Gasteiger partial charge in [0, 0.05) is 42.2 Å². The second kappa shape index (κ2) is 9.55. The molecule has 8 nitrogen and oxygen atoms in total. The van der Waals surface area contributed by atoms with Crippen molar-refractivity contribution in [2.24, 2.45) is 0 Å². The summed E-state index contributed by atoms with van der Waals surface area (Å²) in [6.45, 7) is 0.633. The number of ether oxygens (including phenoxy) is 1. The fourth-order valence-corrected chi connectivity index (χ4v) is 3.96. The third-order valence-corrected chi connectivity index (χ3v) is 5.72. The maximum atomic E-state index is 12.7. The van der Waals surface area contributed by atoms with Gasteiger partial charge in [-0.25, -0.2) is 4.79 Å². The molecule has 0 aliphatic carbocycles. The second-order valence-electron chi connectivity index (χ2n) is 7.73. The number of hydrogen-bond acceptors (Lipinski definition) is 4. The Labute approximate surface area is 185 Å². The van der Waals surface area contributed by atoms with Crippen LogP contribution in [0.2, 0.25) is 0 Å². The number of benzene rings is 2. The molecule has 1 atom stereocenters. The number of aromatic nitrogens is 1. The van der Waals surface area contributed by atoms with Gasteiger partial charge in [0.25, 0.3) is 5.91 Å². The normalized spacial score (nSPS) is 15.8. The van der Waals surface area contributed by atoms with Crippen LogP contribution in [-0.4, -0.2) is 47.4 Å². The number of amides is 4. The molecule has 8 heteroatoms. The van der Waals surface area contributed by atoms with E-state index in [0.29, 0.717) is 25.3 Å². The fraction of sp³-hybridized carbons (Fsp3) is 0.292. The van der Waals surface area contributed by atoms with Gasteiger partial charge in [0.2, 0.25) is 5.91 Å². The van der Waals surface area contributed by atoms with Gasteiger partial charge in [0.1, 0.15) is 11.8 Å². The highest BCUT2D eigenvalue weighted by molar-refractivity contribution is 6.04. The first-order valence-corrected chi connectivity index (χ1v) is 10.6. The van der Waals surface area contributed by atoms with Crippen molar-refractivity contribution in [1.29, 1.82) is 0 Å². The van der Waals surface area contributed by atoms with Gasteiger partial charge in [0.05, 0.1) is 7.11 Å². The number of rotatable bonds is 9. The van der Waals surface area contributed by atoms with Gasteiger partial charge in [-0.1, -0.05) is 36.4 Å². The molecular weight excluding hydrogens is 408 g/mol. The molecule has 2 heterocycles. The van der Waals surface area contributed by atoms with E-state index in [0.717, 1.165) is 22.0 Å². The third kappa shape index (κ3) is 4.59. The Morgan fingerprint density at radius 2 is 1.88 bits per heavy atom. The number of aromatic amines is 1. The molecule has 0 unspecified atom stereocenters. The van der Waals surface area contributed by atoms with E-state index in [-0.39, 0.29) is 24.7 Å². The van der Waals surface area contributed by atoms with E-state index in [1.165, 1.54) is 4.90 Å². The number of hydrogen-bond donors (Lipinski definition) is 3. The number of para-hydroxylation sites is 2. The lowest BCUT2D eigenvalue weighted by atomic mass is 10.1. The maximum Gasteiger partial charge on any atom is 0.324 e. The molecule has 0 radical (unpaired) electrons. The van der Waals surface area contributed by atoms with Gasteiger partial charge in [-0.3, -0.25) is 14.5 Å². The van der Waals surface area contributed by atoms with Gasteiger partial charge >= 0.3 is 6.03 Å². The number of urea groups is 1. The molecule has 1 aliphatic rings. The summed E-state index contributed by atoms with van der Waals surface area (Å²) in [4.78, 5) is 41.7. The summed E-state index contributed by atoms with van der Waals surface area (Å²) >= 11 is 0. The first-order valence-electron chi connectivity index (χ1n) is 10.6. The molecule has 2 aromatic carbocycles. The number of nitrogens with one attached hydrogen (secondary N) is 3. The summed E-state index contributed by atoms with van der Waals surface area (Å²) in [7, 11) is 1.58. The molecule has 0 bridgehead atoms. The molecule has 1 aliphatic heterocycles. The highest BCUT2D eigenvalue weighted by Gasteiger charge is 2.37. The van der Waals surface area contributed by atoms with Gasteiger partial charge in [-0.15, -0.1) is 0 Å². The molecule has 4 rings (SSSR count). The number of methoxy groups -OCH3 is 1. The summed E-state index contributed by atoms with van der Waals surface area (Å²) in [5.74, 6) is 0.236. The van der Waals surface area contributed by atoms with E-state index in [2.05, 4.69) is 15.6 Å². The van der Waals surface area contributed by atoms with E-state index < -0.39 is 12.1 Å². The topological polar surface area (TPSA) is 104 Å². The van der Waals surface area contributed by atoms with Crippen LogP contribution in [0, 0.1) is 0 Å². The Hall–Kier alpha value is -3.81. The molecule has 3 aromatic rings. The number of H-pyrrole nitrogens is 1. The fourth-order valence-electron chi connectivity index (χ4n) is 3.96. The van der Waals surface area contributed by atoms with Crippen molar-refractivity contribution < 1.29 is 19.1 Å². The number of carbonyl (C=O) groups excluding carboxylic acids is 3. The minimum atomic E-state index is -0.678. The minimum Gasteiger partial charge on any atom is -0.496 e. The number of nitrogens with zero attached hydrogens (tertiary/aromatic N) is 1. The Kier molecular flexibility index (Phi) is 6.39. The first-order chi connectivity index (χ1) is 15.6. The zero-order chi connectivity index (χ0) is 22.5. The predicted molar refractivity (Wildman–Crippen MR) is 120 cm³/mol. The number of fused-ring (bicyclic) bond motifs is 1. The summed E-state index contributed by atoms with van der Waals surface area (Å²) in [6, 6.07) is 14.3. The number of imide groups is 1. The van der Waals surface area contributed by atoms with Crippen molar-refractivity contribution in [2.75, 3.05) is 13.7 Å². The third-order valence-electron chi connectivity index (χ3n) is 5.72. The largest absolute Gasteiger partial charge is 0.496 e. The average Bonchev–Trinajstić information content (AvgIpc) is 3.35. The van der Waals surface area contributed by atoms with Crippen molar-refractivity contribution in [2.45, 2.75) is 31.8 Å². The van der Waals surface area contributed by atoms with Gasteiger partial charge < -0.3 is 20.4 Å². The van der Waals surface area contributed by atoms with Crippen LogP contribution < -0.4 is 15.4 Å². The lowest BCUT2D eigenvalue weighted by Gasteiger charge is -2.13. The zero-order valence-corrected chi connectivity index (χ0v) is 17.9. The van der Waals surface area contributed by atoms with E-state index >= 15 is 0 Å². The van der Waals surface area contributed by atoms with Crippen LogP contribution in [0.25, 0.3) is 10.9 Å². The molecule has 32 heavy (non-hydrogen) atoms. The SMILES string of the molecule is COc1ccccc1CNC(=O)CC[C@@H]1NC(=O)N(CCc2c[nH]c3ccccc23)C1=O. The molecule has 1 fully saturated rings. The molecule has 1 aromatic heterocycles. The molecule has 166 valence electrons. The Bertz CT molecular complexity index is 1140. The van der Waals surface area contributed by atoms with Gasteiger partial charge in [-0.2, -0.15) is 0 Å². The minimum absolute atomic E-state index is 0.141. The van der Waals surface area contributed by atoms with Crippen molar-refractivity contribution in [1.82, 2.24) is 20.5 Å². The van der Waals surface area contributed by atoms with Gasteiger partial charge in [-0.05, 0) is 30.5 Å². The van der Waals surface area contributed by atoms with Crippen molar-refractivity contribution in [3.8, 4) is 5.75 Å². The highest BCUT2D eigenvalue weighted by atomic mass is 16.5. The van der Waals surface area contributed by atoms with E-state index in [9.17, 15) is 14.4 Å². The van der Waals surface area contributed by atoms with Crippen LogP contribution in [0.3, 0.4) is 0 Å². The predicted octanol–water partition coefficient (Wildman–Crippen LogP) is 2.74. The monoisotopic (exact) mass is 434 g/mol. The highest BCUT2D eigenvalue weighted by Crippen LogP contribution is 2.20. The summed E-state index contributed by atoms with van der Waals surface area (Å²) in [5.41, 5.74) is 2.95. The van der Waals surface area contributed by atoms with E-state index in [1.54, 1.807) is 7.11 Å². The van der Waals surface area contributed by atoms with Crippen LogP contribution in [0.4, 0.5) is 4.79 Å².